The van der Waals surface area contributed by atoms with Gasteiger partial charge in [0.1, 0.15) is 11.5 Å². The van der Waals surface area contributed by atoms with E-state index in [0.717, 1.165) is 0 Å². The van der Waals surface area contributed by atoms with Gasteiger partial charge in [0.2, 0.25) is 10.3 Å². The van der Waals surface area contributed by atoms with Gasteiger partial charge in [0.25, 0.3) is 0 Å². The van der Waals surface area contributed by atoms with E-state index in [2.05, 4.69) is 19.9 Å². The van der Waals surface area contributed by atoms with Gasteiger partial charge in [-0.1, -0.05) is 24.3 Å². The van der Waals surface area contributed by atoms with Crippen molar-refractivity contribution in [1.29, 1.82) is 0 Å². The molecule has 0 aliphatic rings. The molecule has 4 heterocycles. The van der Waals surface area contributed by atoms with Crippen molar-refractivity contribution in [3.05, 3.63) is 95.6 Å². The largest absolute Gasteiger partial charge is 0.511 e. The molecule has 0 aliphatic carbocycles. The molecule has 2 unspecified atom stereocenters. The van der Waals surface area contributed by atoms with Crippen LogP contribution in [0.2, 0.25) is 0 Å². The van der Waals surface area contributed by atoms with Crippen LogP contribution in [0.15, 0.2) is 83.4 Å². The number of fused-ring (bicyclic) bond motifs is 2. The van der Waals surface area contributed by atoms with E-state index in [9.17, 15) is 39.6 Å². The van der Waals surface area contributed by atoms with Gasteiger partial charge in [-0.25, -0.2) is 14.8 Å². The molecule has 0 bridgehead atoms. The minimum Gasteiger partial charge on any atom is -0.484 e. The summed E-state index contributed by atoms with van der Waals surface area (Å²) in [6.45, 7) is -1.07. The number of benzene rings is 2. The zero-order valence-electron chi connectivity index (χ0n) is 29.3. The van der Waals surface area contributed by atoms with Gasteiger partial charge in [-0.05, 0) is 50.2 Å². The summed E-state index contributed by atoms with van der Waals surface area (Å²) in [6, 6.07) is 15.9. The zero-order valence-corrected chi connectivity index (χ0v) is 30.9. The molecule has 0 saturated heterocycles. The highest BCUT2D eigenvalue weighted by Gasteiger charge is 2.30. The summed E-state index contributed by atoms with van der Waals surface area (Å²) in [6.07, 6.45) is -7.82. The molecule has 0 fully saturated rings. The van der Waals surface area contributed by atoms with Gasteiger partial charge < -0.3 is 18.9 Å². The molecule has 0 radical (unpaired) electrons. The van der Waals surface area contributed by atoms with E-state index >= 15 is 0 Å². The highest BCUT2D eigenvalue weighted by atomic mass is 32.2. The third kappa shape index (κ3) is 9.62. The van der Waals surface area contributed by atoms with Gasteiger partial charge in [0, 0.05) is 23.5 Å². The quantitative estimate of drug-likeness (QED) is 0.0821. The Morgan fingerprint density at radius 3 is 1.43 bits per heavy atom. The number of halogens is 6. The number of carbonyl (C=O) groups is 1. The molecule has 0 N–H and O–H groups in total. The molecule has 296 valence electrons. The lowest BCUT2D eigenvalue weighted by molar-refractivity contribution is -0.154. The number of hydrogen-bond donors (Lipinski definition) is 0. The Morgan fingerprint density at radius 1 is 0.643 bits per heavy atom. The van der Waals surface area contributed by atoms with Crippen molar-refractivity contribution in [2.24, 2.45) is 0 Å². The first-order valence-electron chi connectivity index (χ1n) is 16.3. The van der Waals surface area contributed by atoms with E-state index in [0.29, 0.717) is 22.1 Å². The SMILES string of the molecule is Cc1c(OCC(F)(F)F)ccnc1CS(=O)c1nc2ccccc2n1COC(=O)OCn1c(S(=O)Cc2nccc(OCC(F)(F)F)c2C)nc2ccccc21. The number of imidazole rings is 2. The van der Waals surface area contributed by atoms with Crippen molar-refractivity contribution in [3.8, 4) is 11.5 Å². The Morgan fingerprint density at radius 2 is 1.04 bits per heavy atom. The minimum absolute atomic E-state index is 0.0168. The van der Waals surface area contributed by atoms with Crippen molar-refractivity contribution in [1.82, 2.24) is 29.1 Å². The molecule has 0 saturated carbocycles. The maximum Gasteiger partial charge on any atom is 0.511 e. The first-order chi connectivity index (χ1) is 26.6. The van der Waals surface area contributed by atoms with Crippen LogP contribution in [-0.2, 0) is 56.0 Å². The molecular weight excluding hydrogens is 795 g/mol. The maximum atomic E-state index is 13.7. The summed E-state index contributed by atoms with van der Waals surface area (Å²) >= 11 is 0. The van der Waals surface area contributed by atoms with Gasteiger partial charge in [-0.15, -0.1) is 0 Å². The molecule has 4 aromatic heterocycles. The second-order valence-electron chi connectivity index (χ2n) is 12.0. The molecular formula is C35H30F6N6O7S2. The fourth-order valence-corrected chi connectivity index (χ4v) is 7.93. The highest BCUT2D eigenvalue weighted by molar-refractivity contribution is 7.84. The molecule has 0 aliphatic heterocycles. The van der Waals surface area contributed by atoms with Crippen LogP contribution in [0.25, 0.3) is 22.1 Å². The molecule has 6 rings (SSSR count). The van der Waals surface area contributed by atoms with Crippen LogP contribution in [0.4, 0.5) is 31.1 Å². The average Bonchev–Trinajstić information content (AvgIpc) is 3.71. The number of nitrogens with zero attached hydrogens (tertiary/aromatic N) is 6. The van der Waals surface area contributed by atoms with Crippen molar-refractivity contribution >= 4 is 49.8 Å². The van der Waals surface area contributed by atoms with Crippen LogP contribution in [0.5, 0.6) is 11.5 Å². The molecule has 0 amide bonds. The number of ether oxygens (including phenoxy) is 4. The Hall–Kier alpha value is -5.57. The molecule has 0 spiro atoms. The van der Waals surface area contributed by atoms with Gasteiger partial charge in [0.05, 0.1) is 66.6 Å². The summed E-state index contributed by atoms with van der Waals surface area (Å²) < 4.78 is 127. The van der Waals surface area contributed by atoms with Gasteiger partial charge in [0.15, 0.2) is 26.7 Å². The van der Waals surface area contributed by atoms with Crippen molar-refractivity contribution < 1.29 is 58.5 Å². The van der Waals surface area contributed by atoms with E-state index in [1.807, 2.05) is 0 Å². The Bertz CT molecular complexity index is 2270. The van der Waals surface area contributed by atoms with E-state index in [1.165, 1.54) is 47.5 Å². The fraction of sp³-hybridized carbons (Fsp3) is 0.286. The molecule has 2 aromatic carbocycles. The summed E-state index contributed by atoms with van der Waals surface area (Å²) in [5.41, 5.74) is 2.66. The van der Waals surface area contributed by atoms with Crippen molar-refractivity contribution in [2.75, 3.05) is 13.2 Å². The number of rotatable bonds is 14. The summed E-state index contributed by atoms with van der Waals surface area (Å²) in [7, 11) is -3.88. The third-order valence-corrected chi connectivity index (χ3v) is 10.6. The number of carbonyl (C=O) groups excluding carboxylic acids is 1. The lowest BCUT2D eigenvalue weighted by Crippen LogP contribution is -2.20. The van der Waals surface area contributed by atoms with Gasteiger partial charge in [-0.3, -0.25) is 27.5 Å². The number of aromatic nitrogens is 6. The lowest BCUT2D eigenvalue weighted by atomic mass is 10.2. The van der Waals surface area contributed by atoms with Crippen LogP contribution in [0, 0.1) is 13.8 Å². The molecule has 2 atom stereocenters. The Labute approximate surface area is 318 Å². The predicted octanol–water partition coefficient (Wildman–Crippen LogP) is 7.06. The van der Waals surface area contributed by atoms with Crippen molar-refractivity contribution in [2.45, 2.75) is 61.5 Å². The topological polar surface area (TPSA) is 150 Å². The average molecular weight is 825 g/mol. The van der Waals surface area contributed by atoms with E-state index < -0.39 is 66.8 Å². The fourth-order valence-electron chi connectivity index (χ4n) is 5.40. The van der Waals surface area contributed by atoms with Gasteiger partial charge >= 0.3 is 18.5 Å². The Kier molecular flexibility index (Phi) is 11.9. The second kappa shape index (κ2) is 16.7. The lowest BCUT2D eigenvalue weighted by Gasteiger charge is -2.14. The summed E-state index contributed by atoms with van der Waals surface area (Å²) in [4.78, 5) is 30.2. The van der Waals surface area contributed by atoms with E-state index in [4.69, 9.17) is 18.9 Å². The summed E-state index contributed by atoms with van der Waals surface area (Å²) in [5, 5.41) is -0.0336. The predicted molar refractivity (Wildman–Crippen MR) is 188 cm³/mol. The number of alkyl halides is 6. The summed E-state index contributed by atoms with van der Waals surface area (Å²) in [5.74, 6) is -0.652. The van der Waals surface area contributed by atoms with Crippen LogP contribution in [-0.4, -0.2) is 69.2 Å². The Balaban J connectivity index is 1.16. The molecule has 21 heteroatoms. The highest BCUT2D eigenvalue weighted by Crippen LogP contribution is 2.28. The van der Waals surface area contributed by atoms with Crippen LogP contribution >= 0.6 is 0 Å². The normalized spacial score (nSPS) is 13.1. The van der Waals surface area contributed by atoms with Gasteiger partial charge in [-0.2, -0.15) is 26.3 Å². The monoisotopic (exact) mass is 824 g/mol. The number of para-hydroxylation sites is 4. The molecule has 56 heavy (non-hydrogen) atoms. The maximum absolute atomic E-state index is 13.7. The number of hydrogen-bond acceptors (Lipinski definition) is 11. The third-order valence-electron chi connectivity index (χ3n) is 8.11. The van der Waals surface area contributed by atoms with E-state index in [1.54, 1.807) is 48.5 Å². The molecule has 6 aromatic rings. The van der Waals surface area contributed by atoms with Crippen LogP contribution < -0.4 is 9.47 Å². The first kappa shape index (κ1) is 40.1. The smallest absolute Gasteiger partial charge is 0.484 e. The second-order valence-corrected chi connectivity index (χ2v) is 14.7. The minimum atomic E-state index is -4.56. The molecule has 13 nitrogen and oxygen atoms in total. The van der Waals surface area contributed by atoms with Crippen molar-refractivity contribution in [3.63, 3.8) is 0 Å². The first-order valence-corrected chi connectivity index (χ1v) is 19.0. The van der Waals surface area contributed by atoms with E-state index in [-0.39, 0.29) is 55.8 Å². The van der Waals surface area contributed by atoms with Crippen LogP contribution in [0.1, 0.15) is 22.5 Å². The number of pyridine rings is 2. The standard InChI is InChI=1S/C35H30F6N6O7S2/c1-21-25(42-13-11-29(21)51-17-34(36,37)38)15-55(49)31-44-23-7-3-5-9-27(23)46(31)19-53-33(48)54-20-47-28-10-6-4-8-24(28)45-32(47)56(50)16-26-22(2)30(12-14-43-26)52-18-35(39,40)41/h3-14H,15-20H2,1-2H3. The van der Waals surface area contributed by atoms with Crippen LogP contribution in [0.3, 0.4) is 0 Å². The zero-order chi connectivity index (χ0) is 40.2.